The van der Waals surface area contributed by atoms with Gasteiger partial charge in [0.05, 0.1) is 7.11 Å². The average Bonchev–Trinajstić information content (AvgIpc) is 2.73. The number of carbonyl (C=O) groups excluding carboxylic acids is 1. The van der Waals surface area contributed by atoms with Crippen LogP contribution >= 0.6 is 11.3 Å². The first-order valence-electron chi connectivity index (χ1n) is 4.84. The minimum absolute atomic E-state index is 0.0138. The fourth-order valence-corrected chi connectivity index (χ4v) is 1.85. The van der Waals surface area contributed by atoms with Crippen molar-refractivity contribution >= 4 is 17.2 Å². The normalized spacial score (nSPS) is 12.2. The van der Waals surface area contributed by atoms with Gasteiger partial charge in [-0.15, -0.1) is 11.3 Å². The number of methoxy groups -OCH3 is 1. The van der Waals surface area contributed by atoms with Gasteiger partial charge in [-0.3, -0.25) is 4.79 Å². The molecule has 1 amide bonds. The van der Waals surface area contributed by atoms with E-state index < -0.39 is 0 Å². The lowest BCUT2D eigenvalue weighted by Gasteiger charge is -2.09. The van der Waals surface area contributed by atoms with Crippen molar-refractivity contribution in [2.75, 3.05) is 13.7 Å². The van der Waals surface area contributed by atoms with Gasteiger partial charge in [0, 0.05) is 12.6 Å². The van der Waals surface area contributed by atoms with E-state index in [9.17, 15) is 4.79 Å². The first kappa shape index (κ1) is 12.0. The molecule has 0 aromatic carbocycles. The molecule has 5 heteroatoms. The second-order valence-corrected chi connectivity index (χ2v) is 4.11. The zero-order valence-electron chi connectivity index (χ0n) is 8.95. The molecule has 0 saturated carbocycles. The van der Waals surface area contributed by atoms with Crippen molar-refractivity contribution in [3.63, 3.8) is 0 Å². The van der Waals surface area contributed by atoms with Crippen LogP contribution in [0.3, 0.4) is 0 Å². The summed E-state index contributed by atoms with van der Waals surface area (Å²) in [6, 6.07) is 1.79. The van der Waals surface area contributed by atoms with Crippen LogP contribution in [0.15, 0.2) is 11.4 Å². The van der Waals surface area contributed by atoms with Crippen LogP contribution in [0.25, 0.3) is 0 Å². The molecule has 0 fully saturated rings. The number of thiophene rings is 1. The maximum atomic E-state index is 11.7. The van der Waals surface area contributed by atoms with Gasteiger partial charge in [-0.2, -0.15) is 0 Å². The van der Waals surface area contributed by atoms with Crippen LogP contribution < -0.4 is 15.8 Å². The Balaban J connectivity index is 2.54. The Hall–Kier alpha value is -1.07. The maximum absolute atomic E-state index is 11.7. The van der Waals surface area contributed by atoms with Crippen molar-refractivity contribution in [3.05, 3.63) is 16.3 Å². The van der Waals surface area contributed by atoms with E-state index in [1.165, 1.54) is 11.3 Å². The predicted molar refractivity (Wildman–Crippen MR) is 61.5 cm³/mol. The van der Waals surface area contributed by atoms with Gasteiger partial charge in [-0.25, -0.2) is 0 Å². The zero-order valence-corrected chi connectivity index (χ0v) is 9.76. The molecule has 1 atom stereocenters. The largest absolute Gasteiger partial charge is 0.495 e. The molecule has 1 aromatic heterocycles. The highest BCUT2D eigenvalue weighted by Gasteiger charge is 2.13. The number of rotatable bonds is 5. The lowest BCUT2D eigenvalue weighted by Crippen LogP contribution is -2.36. The summed E-state index contributed by atoms with van der Waals surface area (Å²) in [4.78, 5) is 12.3. The molecule has 3 N–H and O–H groups in total. The zero-order chi connectivity index (χ0) is 11.3. The van der Waals surface area contributed by atoms with Gasteiger partial charge in [0.2, 0.25) is 0 Å². The quantitative estimate of drug-likeness (QED) is 0.796. The van der Waals surface area contributed by atoms with E-state index in [-0.39, 0.29) is 11.9 Å². The molecular weight excluding hydrogens is 212 g/mol. The van der Waals surface area contributed by atoms with Crippen molar-refractivity contribution in [3.8, 4) is 5.75 Å². The standard InChI is InChI=1S/C10H16N2O2S/c1-3-7(11)6-12-10(13)9-8(14-2)4-5-15-9/h4-5,7H,3,6,11H2,1-2H3,(H,12,13). The second-order valence-electron chi connectivity index (χ2n) is 3.20. The van der Waals surface area contributed by atoms with Gasteiger partial charge < -0.3 is 15.8 Å². The topological polar surface area (TPSA) is 64.3 Å². The molecule has 4 nitrogen and oxygen atoms in total. The Bertz CT molecular complexity index is 325. The second kappa shape index (κ2) is 5.72. The minimum atomic E-state index is -0.120. The Morgan fingerprint density at radius 1 is 1.73 bits per heavy atom. The minimum Gasteiger partial charge on any atom is -0.495 e. The fraction of sp³-hybridized carbons (Fsp3) is 0.500. The third-order valence-corrected chi connectivity index (χ3v) is 3.00. The van der Waals surface area contributed by atoms with Gasteiger partial charge in [0.25, 0.3) is 5.91 Å². The molecule has 0 aliphatic heterocycles. The molecule has 1 rings (SSSR count). The molecule has 0 saturated heterocycles. The fourth-order valence-electron chi connectivity index (χ4n) is 1.07. The highest BCUT2D eigenvalue weighted by atomic mass is 32.1. The third kappa shape index (κ3) is 3.21. The predicted octanol–water partition coefficient (Wildman–Crippen LogP) is 1.22. The highest BCUT2D eigenvalue weighted by Crippen LogP contribution is 2.23. The van der Waals surface area contributed by atoms with E-state index >= 15 is 0 Å². The molecule has 0 aliphatic carbocycles. The van der Waals surface area contributed by atoms with Crippen LogP contribution in [0.4, 0.5) is 0 Å². The maximum Gasteiger partial charge on any atom is 0.265 e. The van der Waals surface area contributed by atoms with Crippen LogP contribution in [0.5, 0.6) is 5.75 Å². The Morgan fingerprint density at radius 3 is 3.07 bits per heavy atom. The lowest BCUT2D eigenvalue weighted by atomic mass is 10.2. The molecule has 1 unspecified atom stereocenters. The monoisotopic (exact) mass is 228 g/mol. The highest BCUT2D eigenvalue weighted by molar-refractivity contribution is 7.12. The summed E-state index contributed by atoms with van der Waals surface area (Å²) in [5.74, 6) is 0.494. The van der Waals surface area contributed by atoms with E-state index in [1.807, 2.05) is 12.3 Å². The number of nitrogens with one attached hydrogen (secondary N) is 1. The first-order chi connectivity index (χ1) is 7.19. The SMILES string of the molecule is CCC(N)CNC(=O)c1sccc1OC. The Kier molecular flexibility index (Phi) is 4.58. The molecule has 0 bridgehead atoms. The van der Waals surface area contributed by atoms with Gasteiger partial charge in [-0.05, 0) is 17.9 Å². The third-order valence-electron chi connectivity index (χ3n) is 2.10. The van der Waals surface area contributed by atoms with Gasteiger partial charge in [-0.1, -0.05) is 6.92 Å². The molecule has 0 aliphatic rings. The molecule has 1 heterocycles. The summed E-state index contributed by atoms with van der Waals surface area (Å²) in [7, 11) is 1.55. The number of nitrogens with two attached hydrogens (primary N) is 1. The molecular formula is C10H16N2O2S. The van der Waals surface area contributed by atoms with Gasteiger partial charge in [0.1, 0.15) is 10.6 Å². The van der Waals surface area contributed by atoms with E-state index in [0.29, 0.717) is 17.2 Å². The summed E-state index contributed by atoms with van der Waals surface area (Å²) in [6.07, 6.45) is 0.849. The number of ether oxygens (including phenoxy) is 1. The van der Waals surface area contributed by atoms with Gasteiger partial charge >= 0.3 is 0 Å². The van der Waals surface area contributed by atoms with Crippen molar-refractivity contribution in [1.82, 2.24) is 5.32 Å². The van der Waals surface area contributed by atoms with Crippen LogP contribution in [0.2, 0.25) is 0 Å². The summed E-state index contributed by atoms with van der Waals surface area (Å²) in [5, 5.41) is 4.60. The van der Waals surface area contributed by atoms with E-state index in [0.717, 1.165) is 6.42 Å². The summed E-state index contributed by atoms with van der Waals surface area (Å²) >= 11 is 1.36. The van der Waals surface area contributed by atoms with Crippen molar-refractivity contribution < 1.29 is 9.53 Å². The summed E-state index contributed by atoms with van der Waals surface area (Å²) in [6.45, 7) is 2.49. The van der Waals surface area contributed by atoms with Crippen LogP contribution in [-0.4, -0.2) is 25.6 Å². The molecule has 0 radical (unpaired) electrons. The summed E-state index contributed by atoms with van der Waals surface area (Å²) < 4.78 is 5.06. The molecule has 84 valence electrons. The molecule has 1 aromatic rings. The Morgan fingerprint density at radius 2 is 2.47 bits per heavy atom. The lowest BCUT2D eigenvalue weighted by molar-refractivity contribution is 0.0952. The van der Waals surface area contributed by atoms with Crippen molar-refractivity contribution in [2.24, 2.45) is 5.73 Å². The molecule has 15 heavy (non-hydrogen) atoms. The first-order valence-corrected chi connectivity index (χ1v) is 5.72. The smallest absolute Gasteiger partial charge is 0.265 e. The van der Waals surface area contributed by atoms with Crippen LogP contribution in [-0.2, 0) is 0 Å². The van der Waals surface area contributed by atoms with Gasteiger partial charge in [0.15, 0.2) is 0 Å². The number of hydrogen-bond acceptors (Lipinski definition) is 4. The average molecular weight is 228 g/mol. The van der Waals surface area contributed by atoms with Crippen LogP contribution in [0.1, 0.15) is 23.0 Å². The Labute approximate surface area is 93.4 Å². The summed E-state index contributed by atoms with van der Waals surface area (Å²) in [5.41, 5.74) is 5.70. The van der Waals surface area contributed by atoms with Crippen molar-refractivity contribution in [2.45, 2.75) is 19.4 Å². The molecule has 0 spiro atoms. The van der Waals surface area contributed by atoms with Crippen LogP contribution in [0, 0.1) is 0 Å². The van der Waals surface area contributed by atoms with E-state index in [2.05, 4.69) is 5.32 Å². The number of hydrogen-bond donors (Lipinski definition) is 2. The van der Waals surface area contributed by atoms with E-state index in [4.69, 9.17) is 10.5 Å². The number of carbonyl (C=O) groups is 1. The van der Waals surface area contributed by atoms with Crippen molar-refractivity contribution in [1.29, 1.82) is 0 Å². The van der Waals surface area contributed by atoms with E-state index in [1.54, 1.807) is 13.2 Å². The number of amides is 1.